The van der Waals surface area contributed by atoms with Crippen LogP contribution in [0.4, 0.5) is 0 Å². The van der Waals surface area contributed by atoms with Crippen molar-refractivity contribution in [2.24, 2.45) is 34.0 Å². The molecular weight excluding hydrogens is 446 g/mol. The standard InChI is InChI=1S/C21H41N7O6/c1-11(2)8-13(22)17(30)27-15(9-12(3)4)19(32)26-14(6-5-7-25-21(23)24)18(31)28-16(10-29)20(33)34/h11-16,29H,5-10,22H2,1-4H3,(H,26,32)(H,27,30)(H,28,31)(H,33,34)(H4,23,24,25). The van der Waals surface area contributed by atoms with Crippen LogP contribution in [0.3, 0.4) is 0 Å². The van der Waals surface area contributed by atoms with Gasteiger partial charge in [0.05, 0.1) is 12.6 Å². The van der Waals surface area contributed by atoms with Crippen molar-refractivity contribution in [2.75, 3.05) is 13.2 Å². The molecule has 0 bridgehead atoms. The maximum atomic E-state index is 13.0. The summed E-state index contributed by atoms with van der Waals surface area (Å²) in [6.45, 7) is 6.95. The molecule has 4 unspecified atom stereocenters. The van der Waals surface area contributed by atoms with Crippen LogP contribution in [0.25, 0.3) is 0 Å². The Morgan fingerprint density at radius 1 is 0.824 bits per heavy atom. The fourth-order valence-corrected chi connectivity index (χ4v) is 3.10. The minimum Gasteiger partial charge on any atom is -0.480 e. The van der Waals surface area contributed by atoms with Gasteiger partial charge < -0.3 is 43.4 Å². The SMILES string of the molecule is CC(C)CC(N)C(=O)NC(CC(C)C)C(=O)NC(CCCN=C(N)N)C(=O)NC(CO)C(=O)O. The summed E-state index contributed by atoms with van der Waals surface area (Å²) < 4.78 is 0. The van der Waals surface area contributed by atoms with Crippen LogP contribution in [-0.2, 0) is 19.2 Å². The highest BCUT2D eigenvalue weighted by Crippen LogP contribution is 2.09. The molecule has 0 aliphatic rings. The van der Waals surface area contributed by atoms with E-state index in [-0.39, 0.29) is 30.8 Å². The number of amides is 3. The highest BCUT2D eigenvalue weighted by Gasteiger charge is 2.30. The van der Waals surface area contributed by atoms with Gasteiger partial charge in [0.2, 0.25) is 17.7 Å². The summed E-state index contributed by atoms with van der Waals surface area (Å²) in [7, 11) is 0. The van der Waals surface area contributed by atoms with Crippen molar-refractivity contribution in [3.8, 4) is 0 Å². The lowest BCUT2D eigenvalue weighted by Crippen LogP contribution is -2.57. The van der Waals surface area contributed by atoms with Crippen LogP contribution in [0.2, 0.25) is 0 Å². The minimum absolute atomic E-state index is 0.0392. The van der Waals surface area contributed by atoms with Crippen LogP contribution in [0.15, 0.2) is 4.99 Å². The number of aliphatic carboxylic acids is 1. The Balaban J connectivity index is 5.52. The van der Waals surface area contributed by atoms with Gasteiger partial charge in [0, 0.05) is 6.54 Å². The molecule has 34 heavy (non-hydrogen) atoms. The van der Waals surface area contributed by atoms with Gasteiger partial charge in [-0.25, -0.2) is 4.79 Å². The van der Waals surface area contributed by atoms with Crippen LogP contribution >= 0.6 is 0 Å². The van der Waals surface area contributed by atoms with E-state index in [0.717, 1.165) is 0 Å². The molecule has 196 valence electrons. The molecule has 13 nitrogen and oxygen atoms in total. The third-order valence-corrected chi connectivity index (χ3v) is 4.78. The Morgan fingerprint density at radius 3 is 1.79 bits per heavy atom. The first-order chi connectivity index (χ1) is 15.8. The quantitative estimate of drug-likeness (QED) is 0.0681. The number of hydrogen-bond acceptors (Lipinski definition) is 7. The van der Waals surface area contributed by atoms with E-state index < -0.39 is 54.5 Å². The molecule has 0 aromatic rings. The third kappa shape index (κ3) is 12.9. The number of nitrogens with one attached hydrogen (secondary N) is 3. The Labute approximate surface area is 200 Å². The molecule has 3 amide bonds. The van der Waals surface area contributed by atoms with Gasteiger partial charge in [-0.05, 0) is 37.5 Å². The second-order valence-electron chi connectivity index (χ2n) is 9.02. The number of aliphatic imine (C=N–C) groups is 1. The van der Waals surface area contributed by atoms with E-state index in [2.05, 4.69) is 20.9 Å². The van der Waals surface area contributed by atoms with E-state index in [1.807, 2.05) is 27.7 Å². The van der Waals surface area contributed by atoms with Crippen LogP contribution < -0.4 is 33.2 Å². The third-order valence-electron chi connectivity index (χ3n) is 4.78. The van der Waals surface area contributed by atoms with Gasteiger partial charge in [0.25, 0.3) is 0 Å². The summed E-state index contributed by atoms with van der Waals surface area (Å²) in [5.41, 5.74) is 16.5. The molecule has 11 N–H and O–H groups in total. The van der Waals surface area contributed by atoms with Crippen LogP contribution in [0.1, 0.15) is 53.4 Å². The molecular formula is C21H41N7O6. The van der Waals surface area contributed by atoms with Crippen molar-refractivity contribution in [1.29, 1.82) is 0 Å². The number of nitrogens with two attached hydrogens (primary N) is 3. The zero-order valence-electron chi connectivity index (χ0n) is 20.4. The van der Waals surface area contributed by atoms with Gasteiger partial charge in [-0.15, -0.1) is 0 Å². The first-order valence-electron chi connectivity index (χ1n) is 11.3. The molecule has 13 heteroatoms. The molecule has 4 atom stereocenters. The number of guanidine groups is 1. The first kappa shape index (κ1) is 31.1. The van der Waals surface area contributed by atoms with Crippen molar-refractivity contribution < 1.29 is 29.4 Å². The van der Waals surface area contributed by atoms with Crippen LogP contribution in [-0.4, -0.2) is 77.2 Å². The van der Waals surface area contributed by atoms with E-state index in [1.54, 1.807) is 0 Å². The Morgan fingerprint density at radius 2 is 1.32 bits per heavy atom. The Hall–Kier alpha value is -2.93. The number of hydrogen-bond donors (Lipinski definition) is 8. The molecule has 0 aromatic carbocycles. The van der Waals surface area contributed by atoms with Gasteiger partial charge in [-0.1, -0.05) is 27.7 Å². The number of aliphatic hydroxyl groups excluding tert-OH is 1. The number of aliphatic hydroxyl groups is 1. The van der Waals surface area contributed by atoms with E-state index in [9.17, 15) is 24.3 Å². The lowest BCUT2D eigenvalue weighted by molar-refractivity contribution is -0.143. The molecule has 0 radical (unpaired) electrons. The fourth-order valence-electron chi connectivity index (χ4n) is 3.10. The van der Waals surface area contributed by atoms with Crippen molar-refractivity contribution in [3.63, 3.8) is 0 Å². The molecule has 0 saturated heterocycles. The number of carboxylic acid groups (broad SMARTS) is 1. The summed E-state index contributed by atoms with van der Waals surface area (Å²) in [5.74, 6) is -3.22. The highest BCUT2D eigenvalue weighted by atomic mass is 16.4. The minimum atomic E-state index is -1.54. The van der Waals surface area contributed by atoms with Gasteiger partial charge in [-0.2, -0.15) is 0 Å². The zero-order valence-corrected chi connectivity index (χ0v) is 20.4. The molecule has 0 saturated carbocycles. The lowest BCUT2D eigenvalue weighted by Gasteiger charge is -2.26. The largest absolute Gasteiger partial charge is 0.480 e. The topological polar surface area (TPSA) is 235 Å². The zero-order chi connectivity index (χ0) is 26.4. The normalized spacial score (nSPS) is 14.6. The number of carboxylic acids is 1. The predicted molar refractivity (Wildman–Crippen MR) is 127 cm³/mol. The van der Waals surface area contributed by atoms with E-state index >= 15 is 0 Å². The second kappa shape index (κ2) is 15.8. The number of nitrogens with zero attached hydrogens (tertiary/aromatic N) is 1. The molecule has 0 aromatic heterocycles. The summed E-state index contributed by atoms with van der Waals surface area (Å²) in [4.78, 5) is 53.2. The maximum Gasteiger partial charge on any atom is 0.328 e. The van der Waals surface area contributed by atoms with Crippen molar-refractivity contribution in [1.82, 2.24) is 16.0 Å². The van der Waals surface area contributed by atoms with Crippen molar-refractivity contribution >= 4 is 29.7 Å². The number of carbonyl (C=O) groups is 4. The van der Waals surface area contributed by atoms with E-state index in [1.165, 1.54) is 0 Å². The summed E-state index contributed by atoms with van der Waals surface area (Å²) in [6.07, 6.45) is 1.12. The average molecular weight is 488 g/mol. The predicted octanol–water partition coefficient (Wildman–Crippen LogP) is -2.01. The monoisotopic (exact) mass is 487 g/mol. The molecule has 0 rings (SSSR count). The summed E-state index contributed by atoms with van der Waals surface area (Å²) in [6, 6.07) is -4.43. The molecule has 0 fully saturated rings. The first-order valence-corrected chi connectivity index (χ1v) is 11.3. The smallest absolute Gasteiger partial charge is 0.328 e. The maximum absolute atomic E-state index is 13.0. The van der Waals surface area contributed by atoms with Crippen LogP contribution in [0.5, 0.6) is 0 Å². The molecule has 0 aliphatic heterocycles. The number of rotatable bonds is 16. The molecule has 0 spiro atoms. The highest BCUT2D eigenvalue weighted by molar-refractivity contribution is 5.94. The molecule has 0 aliphatic carbocycles. The van der Waals surface area contributed by atoms with E-state index in [0.29, 0.717) is 19.3 Å². The van der Waals surface area contributed by atoms with Gasteiger partial charge in [-0.3, -0.25) is 19.4 Å². The lowest BCUT2D eigenvalue weighted by atomic mass is 10.00. The van der Waals surface area contributed by atoms with Crippen molar-refractivity contribution in [3.05, 3.63) is 0 Å². The van der Waals surface area contributed by atoms with Gasteiger partial charge in [0.15, 0.2) is 5.96 Å². The van der Waals surface area contributed by atoms with Crippen molar-refractivity contribution in [2.45, 2.75) is 77.5 Å². The Bertz CT molecular complexity index is 710. The fraction of sp³-hybridized carbons (Fsp3) is 0.762. The summed E-state index contributed by atoms with van der Waals surface area (Å²) >= 11 is 0. The van der Waals surface area contributed by atoms with Crippen LogP contribution in [0, 0.1) is 11.8 Å². The number of carbonyl (C=O) groups excluding carboxylic acids is 3. The summed E-state index contributed by atoms with van der Waals surface area (Å²) in [5, 5.41) is 25.7. The average Bonchev–Trinajstić information content (AvgIpc) is 2.71. The Kier molecular flexibility index (Phi) is 14.5. The molecule has 0 heterocycles. The van der Waals surface area contributed by atoms with Gasteiger partial charge in [0.1, 0.15) is 18.1 Å². The van der Waals surface area contributed by atoms with E-state index in [4.69, 9.17) is 22.3 Å². The van der Waals surface area contributed by atoms with Gasteiger partial charge >= 0.3 is 5.97 Å². The second-order valence-corrected chi connectivity index (χ2v) is 9.02.